The van der Waals surface area contributed by atoms with Crippen LogP contribution in [0, 0.1) is 5.82 Å². The van der Waals surface area contributed by atoms with E-state index < -0.39 is 6.10 Å². The number of aliphatic hydroxyl groups excluding tert-OH is 1. The van der Waals surface area contributed by atoms with Crippen molar-refractivity contribution in [2.24, 2.45) is 0 Å². The first-order valence-electron chi connectivity index (χ1n) is 6.26. The van der Waals surface area contributed by atoms with E-state index in [4.69, 9.17) is 5.11 Å². The van der Waals surface area contributed by atoms with E-state index in [0.29, 0.717) is 18.5 Å². The first-order valence-corrected chi connectivity index (χ1v) is 6.26. The van der Waals surface area contributed by atoms with Crippen LogP contribution in [0.15, 0.2) is 24.4 Å². The number of carbonyl (C=O) groups excluding carboxylic acids is 1. The molecule has 0 aliphatic heterocycles. The Hall–Kier alpha value is -1.88. The Morgan fingerprint density at radius 3 is 3.05 bits per heavy atom. The molecule has 1 unspecified atom stereocenters. The van der Waals surface area contributed by atoms with Gasteiger partial charge < -0.3 is 15.4 Å². The van der Waals surface area contributed by atoms with Crippen molar-refractivity contribution in [2.45, 2.75) is 25.9 Å². The van der Waals surface area contributed by atoms with Gasteiger partial charge in [-0.1, -0.05) is 0 Å². The molecule has 1 heterocycles. The zero-order valence-electron chi connectivity index (χ0n) is 10.7. The fourth-order valence-corrected chi connectivity index (χ4v) is 1.96. The van der Waals surface area contributed by atoms with Crippen molar-refractivity contribution in [3.8, 4) is 0 Å². The highest BCUT2D eigenvalue weighted by Crippen LogP contribution is 2.19. The highest BCUT2D eigenvalue weighted by molar-refractivity contribution is 5.88. The summed E-state index contributed by atoms with van der Waals surface area (Å²) in [5.41, 5.74) is 1.52. The number of H-pyrrole nitrogens is 1. The largest absolute Gasteiger partial charge is 0.393 e. The number of nitrogens with one attached hydrogen (secondary N) is 2. The Morgan fingerprint density at radius 1 is 1.53 bits per heavy atom. The zero-order valence-corrected chi connectivity index (χ0v) is 10.7. The number of aromatic nitrogens is 1. The highest BCUT2D eigenvalue weighted by atomic mass is 19.1. The molecule has 0 fully saturated rings. The van der Waals surface area contributed by atoms with E-state index in [9.17, 15) is 9.18 Å². The molecular formula is C14H17FN2O2. The Balaban J connectivity index is 1.99. The van der Waals surface area contributed by atoms with Crippen LogP contribution in [0.25, 0.3) is 10.9 Å². The molecule has 5 heteroatoms. The molecule has 19 heavy (non-hydrogen) atoms. The molecule has 0 aliphatic rings. The summed E-state index contributed by atoms with van der Waals surface area (Å²) < 4.78 is 13.0. The number of carbonyl (C=O) groups is 1. The fraction of sp³-hybridized carbons (Fsp3) is 0.357. The Morgan fingerprint density at radius 2 is 2.32 bits per heavy atom. The highest BCUT2D eigenvalue weighted by Gasteiger charge is 2.09. The van der Waals surface area contributed by atoms with Gasteiger partial charge in [-0.25, -0.2) is 4.39 Å². The van der Waals surface area contributed by atoms with Gasteiger partial charge in [-0.2, -0.15) is 0 Å². The first kappa shape index (κ1) is 13.5. The summed E-state index contributed by atoms with van der Waals surface area (Å²) in [6, 6.07) is 4.45. The van der Waals surface area contributed by atoms with Gasteiger partial charge in [0.05, 0.1) is 12.5 Å². The minimum absolute atomic E-state index is 0.106. The molecule has 0 bridgehead atoms. The molecule has 2 aromatic rings. The monoisotopic (exact) mass is 264 g/mol. The second-order valence-electron chi connectivity index (χ2n) is 4.67. The second-order valence-corrected chi connectivity index (χ2v) is 4.67. The maximum absolute atomic E-state index is 13.0. The van der Waals surface area contributed by atoms with Gasteiger partial charge in [0.1, 0.15) is 5.82 Å². The number of aliphatic hydroxyl groups is 1. The third-order valence-electron chi connectivity index (χ3n) is 2.96. The molecule has 3 N–H and O–H groups in total. The molecular weight excluding hydrogens is 247 g/mol. The number of halogens is 1. The van der Waals surface area contributed by atoms with Gasteiger partial charge in [0.15, 0.2) is 0 Å². The lowest BCUT2D eigenvalue weighted by Gasteiger charge is -2.06. The summed E-state index contributed by atoms with van der Waals surface area (Å²) in [6.07, 6.45) is 2.07. The van der Waals surface area contributed by atoms with Crippen LogP contribution in [-0.4, -0.2) is 28.6 Å². The quantitative estimate of drug-likeness (QED) is 0.770. The zero-order chi connectivity index (χ0) is 13.8. The molecule has 1 aromatic carbocycles. The van der Waals surface area contributed by atoms with Crippen molar-refractivity contribution >= 4 is 16.8 Å². The van der Waals surface area contributed by atoms with Crippen LogP contribution in [-0.2, 0) is 11.2 Å². The van der Waals surface area contributed by atoms with Crippen LogP contribution in [0.1, 0.15) is 18.9 Å². The number of hydrogen-bond acceptors (Lipinski definition) is 2. The third-order valence-corrected chi connectivity index (χ3v) is 2.96. The average molecular weight is 264 g/mol. The summed E-state index contributed by atoms with van der Waals surface area (Å²) >= 11 is 0. The van der Waals surface area contributed by atoms with Crippen molar-refractivity contribution in [3.63, 3.8) is 0 Å². The number of benzene rings is 1. The van der Waals surface area contributed by atoms with Gasteiger partial charge in [-0.3, -0.25) is 4.79 Å². The molecule has 1 amide bonds. The van der Waals surface area contributed by atoms with E-state index in [1.165, 1.54) is 12.1 Å². The van der Waals surface area contributed by atoms with Crippen LogP contribution < -0.4 is 5.32 Å². The minimum Gasteiger partial charge on any atom is -0.393 e. The lowest BCUT2D eigenvalue weighted by atomic mass is 10.1. The van der Waals surface area contributed by atoms with Crippen LogP contribution in [0.5, 0.6) is 0 Å². The van der Waals surface area contributed by atoms with Crippen LogP contribution >= 0.6 is 0 Å². The van der Waals surface area contributed by atoms with E-state index in [-0.39, 0.29) is 18.1 Å². The SMILES string of the molecule is CC(O)CCNC(=O)Cc1c[nH]c2cc(F)ccc12. The molecule has 0 radical (unpaired) electrons. The number of fused-ring (bicyclic) bond motifs is 1. The first-order chi connectivity index (χ1) is 9.06. The molecule has 4 nitrogen and oxygen atoms in total. The lowest BCUT2D eigenvalue weighted by molar-refractivity contribution is -0.120. The second kappa shape index (κ2) is 5.84. The summed E-state index contributed by atoms with van der Waals surface area (Å²) in [4.78, 5) is 14.7. The van der Waals surface area contributed by atoms with Crippen LogP contribution in [0.2, 0.25) is 0 Å². The van der Waals surface area contributed by atoms with Crippen molar-refractivity contribution in [3.05, 3.63) is 35.8 Å². The maximum Gasteiger partial charge on any atom is 0.224 e. The predicted octanol–water partition coefficient (Wildman–Crippen LogP) is 1.74. The average Bonchev–Trinajstić information content (AvgIpc) is 2.71. The maximum atomic E-state index is 13.0. The van der Waals surface area contributed by atoms with E-state index >= 15 is 0 Å². The lowest BCUT2D eigenvalue weighted by Crippen LogP contribution is -2.27. The molecule has 1 atom stereocenters. The summed E-state index contributed by atoms with van der Waals surface area (Å²) in [7, 11) is 0. The van der Waals surface area contributed by atoms with Crippen LogP contribution in [0.4, 0.5) is 4.39 Å². The number of hydrogen-bond donors (Lipinski definition) is 3. The number of rotatable bonds is 5. The molecule has 102 valence electrons. The molecule has 0 saturated carbocycles. The molecule has 0 aliphatic carbocycles. The minimum atomic E-state index is -0.420. The topological polar surface area (TPSA) is 65.1 Å². The van der Waals surface area contributed by atoms with Gasteiger partial charge in [0.2, 0.25) is 5.91 Å². The third kappa shape index (κ3) is 3.54. The molecule has 0 saturated heterocycles. The Kier molecular flexibility index (Phi) is 4.16. The molecule has 0 spiro atoms. The summed E-state index contributed by atoms with van der Waals surface area (Å²) in [5, 5.41) is 12.7. The number of aromatic amines is 1. The van der Waals surface area contributed by atoms with E-state index in [2.05, 4.69) is 10.3 Å². The predicted molar refractivity (Wildman–Crippen MR) is 71.3 cm³/mol. The van der Waals surface area contributed by atoms with E-state index in [1.54, 1.807) is 19.2 Å². The van der Waals surface area contributed by atoms with Crippen molar-refractivity contribution in [2.75, 3.05) is 6.54 Å². The fourth-order valence-electron chi connectivity index (χ4n) is 1.96. The van der Waals surface area contributed by atoms with Gasteiger partial charge in [0.25, 0.3) is 0 Å². The van der Waals surface area contributed by atoms with Gasteiger partial charge in [0, 0.05) is 23.6 Å². The summed E-state index contributed by atoms with van der Waals surface area (Å²) in [5.74, 6) is -0.409. The standard InChI is InChI=1S/C14H17FN2O2/c1-9(18)4-5-16-14(19)6-10-8-17-13-7-11(15)2-3-12(10)13/h2-3,7-9,17-18H,4-6H2,1H3,(H,16,19). The van der Waals surface area contributed by atoms with E-state index in [1.807, 2.05) is 0 Å². The molecule has 1 aromatic heterocycles. The van der Waals surface area contributed by atoms with Gasteiger partial charge >= 0.3 is 0 Å². The smallest absolute Gasteiger partial charge is 0.224 e. The number of amides is 1. The van der Waals surface area contributed by atoms with Crippen molar-refractivity contribution in [1.82, 2.24) is 10.3 Å². The van der Waals surface area contributed by atoms with Crippen molar-refractivity contribution in [1.29, 1.82) is 0 Å². The van der Waals surface area contributed by atoms with E-state index in [0.717, 1.165) is 10.9 Å². The van der Waals surface area contributed by atoms with Crippen LogP contribution in [0.3, 0.4) is 0 Å². The Bertz CT molecular complexity index is 578. The summed E-state index contributed by atoms with van der Waals surface area (Å²) in [6.45, 7) is 2.13. The molecule has 2 rings (SSSR count). The Labute approximate surface area is 110 Å². The van der Waals surface area contributed by atoms with Crippen molar-refractivity contribution < 1.29 is 14.3 Å². The van der Waals surface area contributed by atoms with Gasteiger partial charge in [-0.05, 0) is 37.1 Å². The van der Waals surface area contributed by atoms with Gasteiger partial charge in [-0.15, -0.1) is 0 Å². The normalized spacial score (nSPS) is 12.6.